The highest BCUT2D eigenvalue weighted by Gasteiger charge is 2.40. The number of hydrogen-bond acceptors (Lipinski definition) is 2. The van der Waals surface area contributed by atoms with Crippen LogP contribution in [0.2, 0.25) is 0 Å². The van der Waals surface area contributed by atoms with Gasteiger partial charge < -0.3 is 9.47 Å². The number of hydrogen-bond donors (Lipinski definition) is 0. The SMILES string of the molecule is COCC(COC)(c1ccccc1)C1CCCCC1. The first-order valence-corrected chi connectivity index (χ1v) is 7.37. The standard InChI is InChI=1S/C17H26O2/c1-18-13-17(14-19-2,15-9-5-3-6-10-15)16-11-7-4-8-12-16/h3,5-6,9-10,16H,4,7-8,11-14H2,1-2H3. The molecule has 1 aliphatic carbocycles. The van der Waals surface area contributed by atoms with Crippen LogP contribution < -0.4 is 0 Å². The summed E-state index contributed by atoms with van der Waals surface area (Å²) in [7, 11) is 3.60. The average molecular weight is 262 g/mol. The Balaban J connectivity index is 2.34. The first kappa shape index (κ1) is 14.5. The van der Waals surface area contributed by atoms with Crippen LogP contribution in [0.1, 0.15) is 37.7 Å². The van der Waals surface area contributed by atoms with Gasteiger partial charge in [0.15, 0.2) is 0 Å². The molecule has 0 aromatic heterocycles. The predicted molar refractivity (Wildman–Crippen MR) is 78.4 cm³/mol. The second kappa shape index (κ2) is 7.06. The summed E-state index contributed by atoms with van der Waals surface area (Å²) in [5.74, 6) is 0.670. The molecule has 0 saturated heterocycles. The summed E-state index contributed by atoms with van der Waals surface area (Å²) < 4.78 is 11.2. The highest BCUT2D eigenvalue weighted by atomic mass is 16.5. The summed E-state index contributed by atoms with van der Waals surface area (Å²) in [4.78, 5) is 0. The van der Waals surface area contributed by atoms with E-state index in [0.29, 0.717) is 5.92 Å². The number of rotatable bonds is 6. The fourth-order valence-corrected chi connectivity index (χ4v) is 3.62. The van der Waals surface area contributed by atoms with Crippen LogP contribution in [0.4, 0.5) is 0 Å². The predicted octanol–water partition coefficient (Wildman–Crippen LogP) is 3.80. The van der Waals surface area contributed by atoms with Gasteiger partial charge in [0.25, 0.3) is 0 Å². The summed E-state index contributed by atoms with van der Waals surface area (Å²) in [6.07, 6.45) is 6.64. The van der Waals surface area contributed by atoms with E-state index < -0.39 is 0 Å². The molecule has 0 amide bonds. The van der Waals surface area contributed by atoms with E-state index in [4.69, 9.17) is 9.47 Å². The Morgan fingerprint density at radius 2 is 1.53 bits per heavy atom. The van der Waals surface area contributed by atoms with E-state index in [2.05, 4.69) is 30.3 Å². The zero-order chi connectivity index (χ0) is 13.6. The molecule has 106 valence electrons. The van der Waals surface area contributed by atoms with Gasteiger partial charge in [-0.05, 0) is 24.3 Å². The minimum atomic E-state index is 0.0190. The quantitative estimate of drug-likeness (QED) is 0.776. The van der Waals surface area contributed by atoms with E-state index >= 15 is 0 Å². The molecule has 1 saturated carbocycles. The van der Waals surface area contributed by atoms with Gasteiger partial charge in [-0.25, -0.2) is 0 Å². The molecule has 0 aliphatic heterocycles. The van der Waals surface area contributed by atoms with Crippen LogP contribution >= 0.6 is 0 Å². The normalized spacial score (nSPS) is 17.6. The molecule has 0 atom stereocenters. The summed E-state index contributed by atoms with van der Waals surface area (Å²) in [6, 6.07) is 10.8. The van der Waals surface area contributed by atoms with E-state index in [0.717, 1.165) is 13.2 Å². The first-order chi connectivity index (χ1) is 9.33. The summed E-state index contributed by atoms with van der Waals surface area (Å²) >= 11 is 0. The molecule has 0 heterocycles. The zero-order valence-corrected chi connectivity index (χ0v) is 12.2. The van der Waals surface area contributed by atoms with Crippen molar-refractivity contribution in [3.05, 3.63) is 35.9 Å². The van der Waals surface area contributed by atoms with Gasteiger partial charge in [-0.3, -0.25) is 0 Å². The van der Waals surface area contributed by atoms with E-state index in [1.165, 1.54) is 37.7 Å². The molecule has 0 N–H and O–H groups in total. The lowest BCUT2D eigenvalue weighted by atomic mass is 9.66. The Morgan fingerprint density at radius 1 is 0.947 bits per heavy atom. The second-order valence-corrected chi connectivity index (χ2v) is 5.72. The molecule has 2 nitrogen and oxygen atoms in total. The molecule has 0 unspecified atom stereocenters. The van der Waals surface area contributed by atoms with Gasteiger partial charge in [0.05, 0.1) is 13.2 Å². The van der Waals surface area contributed by atoms with Crippen molar-refractivity contribution in [2.75, 3.05) is 27.4 Å². The van der Waals surface area contributed by atoms with E-state index in [1.807, 2.05) is 0 Å². The topological polar surface area (TPSA) is 18.5 Å². The smallest absolute Gasteiger partial charge is 0.0584 e. The van der Waals surface area contributed by atoms with Crippen molar-refractivity contribution >= 4 is 0 Å². The van der Waals surface area contributed by atoms with Crippen molar-refractivity contribution in [2.45, 2.75) is 37.5 Å². The average Bonchev–Trinajstić information content (AvgIpc) is 2.49. The molecule has 2 rings (SSSR count). The third kappa shape index (κ3) is 3.18. The summed E-state index contributed by atoms with van der Waals surface area (Å²) in [5.41, 5.74) is 1.39. The van der Waals surface area contributed by atoms with Crippen molar-refractivity contribution < 1.29 is 9.47 Å². The van der Waals surface area contributed by atoms with E-state index in [9.17, 15) is 0 Å². The zero-order valence-electron chi connectivity index (χ0n) is 12.2. The van der Waals surface area contributed by atoms with Crippen LogP contribution in [-0.2, 0) is 14.9 Å². The van der Waals surface area contributed by atoms with Gasteiger partial charge >= 0.3 is 0 Å². The monoisotopic (exact) mass is 262 g/mol. The molecule has 1 aromatic carbocycles. The fourth-order valence-electron chi connectivity index (χ4n) is 3.62. The molecule has 0 bridgehead atoms. The minimum absolute atomic E-state index is 0.0190. The van der Waals surface area contributed by atoms with Gasteiger partial charge in [0, 0.05) is 19.6 Å². The van der Waals surface area contributed by atoms with Crippen LogP contribution in [0.15, 0.2) is 30.3 Å². The minimum Gasteiger partial charge on any atom is -0.384 e. The molecule has 19 heavy (non-hydrogen) atoms. The molecule has 0 spiro atoms. The van der Waals surface area contributed by atoms with Crippen molar-refractivity contribution in [1.82, 2.24) is 0 Å². The molecular weight excluding hydrogens is 236 g/mol. The Hall–Kier alpha value is -0.860. The van der Waals surface area contributed by atoms with Crippen LogP contribution in [0, 0.1) is 5.92 Å². The van der Waals surface area contributed by atoms with E-state index in [-0.39, 0.29) is 5.41 Å². The first-order valence-electron chi connectivity index (χ1n) is 7.37. The number of benzene rings is 1. The lowest BCUT2D eigenvalue weighted by Crippen LogP contribution is -2.44. The van der Waals surface area contributed by atoms with Crippen molar-refractivity contribution in [3.8, 4) is 0 Å². The van der Waals surface area contributed by atoms with Gasteiger partial charge in [0.2, 0.25) is 0 Å². The molecular formula is C17H26O2. The fraction of sp³-hybridized carbons (Fsp3) is 0.647. The maximum atomic E-state index is 5.59. The molecule has 1 fully saturated rings. The van der Waals surface area contributed by atoms with E-state index in [1.54, 1.807) is 14.2 Å². The maximum absolute atomic E-state index is 5.59. The van der Waals surface area contributed by atoms with Crippen molar-refractivity contribution in [1.29, 1.82) is 0 Å². The molecule has 1 aromatic rings. The lowest BCUT2D eigenvalue weighted by molar-refractivity contribution is 0.0134. The highest BCUT2D eigenvalue weighted by Crippen LogP contribution is 2.41. The van der Waals surface area contributed by atoms with Gasteiger partial charge in [0.1, 0.15) is 0 Å². The largest absolute Gasteiger partial charge is 0.384 e. The maximum Gasteiger partial charge on any atom is 0.0584 e. The van der Waals surface area contributed by atoms with Crippen LogP contribution in [0.5, 0.6) is 0 Å². The van der Waals surface area contributed by atoms with Crippen molar-refractivity contribution in [3.63, 3.8) is 0 Å². The second-order valence-electron chi connectivity index (χ2n) is 5.72. The van der Waals surface area contributed by atoms with Crippen LogP contribution in [0.3, 0.4) is 0 Å². The number of methoxy groups -OCH3 is 2. The Morgan fingerprint density at radius 3 is 2.05 bits per heavy atom. The Kier molecular flexibility index (Phi) is 5.41. The molecule has 0 radical (unpaired) electrons. The van der Waals surface area contributed by atoms with Crippen molar-refractivity contribution in [2.24, 2.45) is 5.92 Å². The van der Waals surface area contributed by atoms with Gasteiger partial charge in [-0.2, -0.15) is 0 Å². The third-order valence-corrected chi connectivity index (χ3v) is 4.54. The highest BCUT2D eigenvalue weighted by molar-refractivity contribution is 5.27. The third-order valence-electron chi connectivity index (χ3n) is 4.54. The van der Waals surface area contributed by atoms with Crippen LogP contribution in [0.25, 0.3) is 0 Å². The summed E-state index contributed by atoms with van der Waals surface area (Å²) in [6.45, 7) is 1.49. The van der Waals surface area contributed by atoms with Gasteiger partial charge in [-0.1, -0.05) is 49.6 Å². The Labute approximate surface area is 117 Å². The lowest BCUT2D eigenvalue weighted by Gasteiger charge is -2.42. The van der Waals surface area contributed by atoms with Gasteiger partial charge in [-0.15, -0.1) is 0 Å². The number of ether oxygens (including phenoxy) is 2. The Bertz CT molecular complexity index is 349. The molecule has 2 heteroatoms. The molecule has 1 aliphatic rings. The van der Waals surface area contributed by atoms with Crippen LogP contribution in [-0.4, -0.2) is 27.4 Å². The summed E-state index contributed by atoms with van der Waals surface area (Å²) in [5, 5.41) is 0.